The van der Waals surface area contributed by atoms with E-state index >= 15 is 0 Å². The molecule has 1 fully saturated rings. The van der Waals surface area contributed by atoms with Crippen LogP contribution in [-0.4, -0.2) is 38.6 Å². The van der Waals surface area contributed by atoms with E-state index in [9.17, 15) is 4.79 Å². The molecule has 3 aromatic rings. The van der Waals surface area contributed by atoms with Gasteiger partial charge in [0.25, 0.3) is 0 Å². The molecule has 1 aliphatic heterocycles. The quantitative estimate of drug-likeness (QED) is 0.788. The van der Waals surface area contributed by atoms with E-state index in [1.165, 1.54) is 0 Å². The van der Waals surface area contributed by atoms with Gasteiger partial charge in [-0.3, -0.25) is 0 Å². The molecule has 2 aromatic heterocycles. The summed E-state index contributed by atoms with van der Waals surface area (Å²) in [5.74, 6) is 0.944. The number of aryl methyl sites for hydroxylation is 1. The van der Waals surface area contributed by atoms with Gasteiger partial charge >= 0.3 is 6.03 Å². The summed E-state index contributed by atoms with van der Waals surface area (Å²) in [4.78, 5) is 23.3. The van der Waals surface area contributed by atoms with Gasteiger partial charge in [-0.25, -0.2) is 14.8 Å². The van der Waals surface area contributed by atoms with Crippen LogP contribution in [0.2, 0.25) is 0 Å². The van der Waals surface area contributed by atoms with E-state index in [1.807, 2.05) is 54.3 Å². The molecule has 4 rings (SSSR count). The molecular weight excluding hydrogens is 302 g/mol. The molecule has 6 heteroatoms. The lowest BCUT2D eigenvalue weighted by Crippen LogP contribution is -2.33. The zero-order chi connectivity index (χ0) is 16.5. The number of nitrogens with zero attached hydrogens (tertiary/aromatic N) is 4. The molecule has 6 nitrogen and oxygen atoms in total. The maximum atomic E-state index is 12.5. The first-order valence-corrected chi connectivity index (χ1v) is 8.13. The number of rotatable bonds is 2. The minimum atomic E-state index is -0.0567. The largest absolute Gasteiger partial charge is 0.322 e. The van der Waals surface area contributed by atoms with Crippen LogP contribution in [0, 0.1) is 6.92 Å². The van der Waals surface area contributed by atoms with Crippen LogP contribution >= 0.6 is 0 Å². The minimum Gasteiger partial charge on any atom is -0.322 e. The second-order valence-electron chi connectivity index (χ2n) is 6.06. The molecule has 2 amide bonds. The number of carbonyl (C=O) groups is 1. The lowest BCUT2D eigenvalue weighted by Gasteiger charge is -2.18. The second-order valence-corrected chi connectivity index (χ2v) is 6.06. The summed E-state index contributed by atoms with van der Waals surface area (Å²) in [6.45, 7) is 3.39. The zero-order valence-electron chi connectivity index (χ0n) is 13.5. The lowest BCUT2D eigenvalue weighted by molar-refractivity contribution is 0.221. The van der Waals surface area contributed by atoms with Crippen molar-refractivity contribution in [2.24, 2.45) is 0 Å². The van der Waals surface area contributed by atoms with Crippen molar-refractivity contribution in [3.05, 3.63) is 54.5 Å². The summed E-state index contributed by atoms with van der Waals surface area (Å²) in [5, 5.41) is 2.95. The third-order valence-electron chi connectivity index (χ3n) is 4.47. The molecule has 1 N–H and O–H groups in total. The van der Waals surface area contributed by atoms with Crippen molar-refractivity contribution in [1.29, 1.82) is 0 Å². The number of likely N-dealkylation sites (tertiary alicyclic amines) is 1. The van der Waals surface area contributed by atoms with Gasteiger partial charge in [0.05, 0.1) is 6.04 Å². The first-order chi connectivity index (χ1) is 11.7. The van der Waals surface area contributed by atoms with Crippen molar-refractivity contribution in [2.75, 3.05) is 18.4 Å². The first kappa shape index (κ1) is 14.7. The highest BCUT2D eigenvalue weighted by atomic mass is 16.2. The zero-order valence-corrected chi connectivity index (χ0v) is 13.5. The minimum absolute atomic E-state index is 0.0567. The number of amides is 2. The Hall–Kier alpha value is -2.89. The standard InChI is InChI=1S/C18H19N5O/c1-13-20-16-8-5-10-19-17(16)23(13)15-9-11-22(12-15)18(24)21-14-6-3-2-4-7-14/h2-8,10,15H,9,11-12H2,1H3,(H,21,24). The van der Waals surface area contributed by atoms with E-state index in [0.29, 0.717) is 6.54 Å². The number of fused-ring (bicyclic) bond motifs is 1. The SMILES string of the molecule is Cc1nc2cccnc2n1C1CCN(C(=O)Nc2ccccc2)C1. The Balaban J connectivity index is 1.52. The molecule has 1 unspecified atom stereocenters. The van der Waals surface area contributed by atoms with E-state index in [1.54, 1.807) is 6.20 Å². The normalized spacial score (nSPS) is 17.4. The number of nitrogens with one attached hydrogen (secondary N) is 1. The number of urea groups is 1. The van der Waals surface area contributed by atoms with Crippen LogP contribution < -0.4 is 5.32 Å². The number of anilines is 1. The van der Waals surface area contributed by atoms with Crippen molar-refractivity contribution in [1.82, 2.24) is 19.4 Å². The molecule has 0 bridgehead atoms. The van der Waals surface area contributed by atoms with E-state index in [2.05, 4.69) is 19.9 Å². The number of hydrogen-bond acceptors (Lipinski definition) is 3. The fraction of sp³-hybridized carbons (Fsp3) is 0.278. The van der Waals surface area contributed by atoms with Gasteiger partial charge in [0.2, 0.25) is 0 Å². The number of carbonyl (C=O) groups excluding carboxylic acids is 1. The number of pyridine rings is 1. The Kier molecular flexibility index (Phi) is 3.65. The molecule has 1 atom stereocenters. The van der Waals surface area contributed by atoms with E-state index in [4.69, 9.17) is 0 Å². The molecule has 122 valence electrons. The molecule has 3 heterocycles. The molecule has 24 heavy (non-hydrogen) atoms. The Morgan fingerprint density at radius 1 is 1.21 bits per heavy atom. The number of benzene rings is 1. The number of para-hydroxylation sites is 1. The molecule has 0 saturated carbocycles. The topological polar surface area (TPSA) is 63.1 Å². The van der Waals surface area contributed by atoms with Gasteiger partial charge in [0.15, 0.2) is 5.65 Å². The van der Waals surface area contributed by atoms with Crippen LogP contribution in [-0.2, 0) is 0 Å². The predicted octanol–water partition coefficient (Wildman–Crippen LogP) is 3.22. The number of aromatic nitrogens is 3. The van der Waals surface area contributed by atoms with Crippen LogP contribution in [0.1, 0.15) is 18.3 Å². The Morgan fingerprint density at radius 3 is 2.88 bits per heavy atom. The van der Waals surface area contributed by atoms with Crippen LogP contribution in [0.25, 0.3) is 11.2 Å². The third-order valence-corrected chi connectivity index (χ3v) is 4.47. The van der Waals surface area contributed by atoms with Gasteiger partial charge in [-0.2, -0.15) is 0 Å². The van der Waals surface area contributed by atoms with Gasteiger partial charge in [-0.15, -0.1) is 0 Å². The summed E-state index contributed by atoms with van der Waals surface area (Å²) in [5.41, 5.74) is 2.62. The summed E-state index contributed by atoms with van der Waals surface area (Å²) in [6, 6.07) is 13.6. The highest BCUT2D eigenvalue weighted by Crippen LogP contribution is 2.27. The molecule has 1 aliphatic rings. The highest BCUT2D eigenvalue weighted by Gasteiger charge is 2.29. The molecule has 0 spiro atoms. The maximum absolute atomic E-state index is 12.5. The molecular formula is C18H19N5O. The average Bonchev–Trinajstić information content (AvgIpc) is 3.19. The highest BCUT2D eigenvalue weighted by molar-refractivity contribution is 5.89. The van der Waals surface area contributed by atoms with Crippen LogP contribution in [0.4, 0.5) is 10.5 Å². The maximum Gasteiger partial charge on any atom is 0.321 e. The van der Waals surface area contributed by atoms with E-state index in [0.717, 1.165) is 35.6 Å². The van der Waals surface area contributed by atoms with Crippen molar-refractivity contribution >= 4 is 22.9 Å². The fourth-order valence-electron chi connectivity index (χ4n) is 3.34. The average molecular weight is 321 g/mol. The first-order valence-electron chi connectivity index (χ1n) is 8.13. The van der Waals surface area contributed by atoms with Gasteiger partial charge < -0.3 is 14.8 Å². The Morgan fingerprint density at radius 2 is 2.04 bits per heavy atom. The molecule has 0 aliphatic carbocycles. The second kappa shape index (κ2) is 5.96. The molecule has 1 saturated heterocycles. The predicted molar refractivity (Wildman–Crippen MR) is 93.0 cm³/mol. The summed E-state index contributed by atoms with van der Waals surface area (Å²) >= 11 is 0. The fourth-order valence-corrected chi connectivity index (χ4v) is 3.34. The summed E-state index contributed by atoms with van der Waals surface area (Å²) in [7, 11) is 0. The van der Waals surface area contributed by atoms with Crippen molar-refractivity contribution in [3.63, 3.8) is 0 Å². The van der Waals surface area contributed by atoms with Gasteiger partial charge in [0.1, 0.15) is 11.3 Å². The van der Waals surface area contributed by atoms with Crippen LogP contribution in [0.5, 0.6) is 0 Å². The van der Waals surface area contributed by atoms with Crippen LogP contribution in [0.3, 0.4) is 0 Å². The van der Waals surface area contributed by atoms with Crippen LogP contribution in [0.15, 0.2) is 48.7 Å². The van der Waals surface area contributed by atoms with Gasteiger partial charge in [-0.1, -0.05) is 18.2 Å². The van der Waals surface area contributed by atoms with Gasteiger partial charge in [0, 0.05) is 25.0 Å². The van der Waals surface area contributed by atoms with E-state index < -0.39 is 0 Å². The van der Waals surface area contributed by atoms with E-state index in [-0.39, 0.29) is 12.1 Å². The summed E-state index contributed by atoms with van der Waals surface area (Å²) < 4.78 is 2.16. The number of hydrogen-bond donors (Lipinski definition) is 1. The third kappa shape index (κ3) is 2.60. The Bertz CT molecular complexity index is 874. The van der Waals surface area contributed by atoms with Crippen molar-refractivity contribution in [3.8, 4) is 0 Å². The monoisotopic (exact) mass is 321 g/mol. The van der Waals surface area contributed by atoms with Crippen molar-refractivity contribution < 1.29 is 4.79 Å². The van der Waals surface area contributed by atoms with Gasteiger partial charge in [-0.05, 0) is 37.6 Å². The Labute approximate surface area is 140 Å². The smallest absolute Gasteiger partial charge is 0.321 e. The molecule has 0 radical (unpaired) electrons. The van der Waals surface area contributed by atoms with Crippen molar-refractivity contribution in [2.45, 2.75) is 19.4 Å². The molecule has 1 aromatic carbocycles. The number of imidazole rings is 1. The lowest BCUT2D eigenvalue weighted by atomic mass is 10.2. The summed E-state index contributed by atoms with van der Waals surface area (Å²) in [6.07, 6.45) is 2.69.